The molecule has 0 saturated carbocycles. The predicted molar refractivity (Wildman–Crippen MR) is 100 cm³/mol. The Hall–Kier alpha value is -2.86. The first kappa shape index (κ1) is 17.9. The zero-order valence-electron chi connectivity index (χ0n) is 14.8. The van der Waals surface area contributed by atoms with Gasteiger partial charge in [-0.1, -0.05) is 30.3 Å². The van der Waals surface area contributed by atoms with Gasteiger partial charge < -0.3 is 15.4 Å². The number of carbonyl (C=O) groups excluding carboxylic acids is 2. The van der Waals surface area contributed by atoms with Gasteiger partial charge in [0, 0.05) is 31.4 Å². The van der Waals surface area contributed by atoms with Gasteiger partial charge >= 0.3 is 12.0 Å². The molecule has 136 valence electrons. The van der Waals surface area contributed by atoms with Crippen molar-refractivity contribution >= 4 is 17.7 Å². The van der Waals surface area contributed by atoms with Gasteiger partial charge in [0.15, 0.2) is 0 Å². The number of carbonyl (C=O) groups is 2. The lowest BCUT2D eigenvalue weighted by Crippen LogP contribution is -2.39. The number of nitrogens with zero attached hydrogens (tertiary/aromatic N) is 1. The molecule has 1 aliphatic rings. The smallest absolute Gasteiger partial charge is 0.337 e. The van der Waals surface area contributed by atoms with Crippen LogP contribution in [0.25, 0.3) is 0 Å². The van der Waals surface area contributed by atoms with E-state index in [1.54, 1.807) is 24.3 Å². The second kappa shape index (κ2) is 8.49. The quantitative estimate of drug-likeness (QED) is 0.811. The summed E-state index contributed by atoms with van der Waals surface area (Å²) >= 11 is 0. The molecule has 6 nitrogen and oxygen atoms in total. The largest absolute Gasteiger partial charge is 0.465 e. The van der Waals surface area contributed by atoms with Crippen molar-refractivity contribution in [2.24, 2.45) is 0 Å². The normalized spacial score (nSPS) is 16.9. The Morgan fingerprint density at radius 1 is 1.12 bits per heavy atom. The van der Waals surface area contributed by atoms with Gasteiger partial charge in [0.2, 0.25) is 0 Å². The molecule has 1 saturated heterocycles. The average molecular weight is 353 g/mol. The molecular formula is C20H23N3O3. The van der Waals surface area contributed by atoms with Crippen molar-refractivity contribution in [3.8, 4) is 0 Å². The van der Waals surface area contributed by atoms with Crippen molar-refractivity contribution in [3.63, 3.8) is 0 Å². The Balaban J connectivity index is 1.46. The Morgan fingerprint density at radius 2 is 1.85 bits per heavy atom. The lowest BCUT2D eigenvalue weighted by atomic mass is 10.2. The summed E-state index contributed by atoms with van der Waals surface area (Å²) in [6.45, 7) is 2.70. The highest BCUT2D eigenvalue weighted by Gasteiger charge is 2.23. The Bertz CT molecular complexity index is 747. The Kier molecular flexibility index (Phi) is 5.86. The zero-order valence-corrected chi connectivity index (χ0v) is 14.8. The summed E-state index contributed by atoms with van der Waals surface area (Å²) in [5.41, 5.74) is 2.36. The van der Waals surface area contributed by atoms with Gasteiger partial charge in [0.05, 0.1) is 12.7 Å². The Morgan fingerprint density at radius 3 is 2.54 bits per heavy atom. The van der Waals surface area contributed by atoms with Gasteiger partial charge in [-0.15, -0.1) is 0 Å². The average Bonchev–Trinajstić information content (AvgIpc) is 3.09. The fraction of sp³-hybridized carbons (Fsp3) is 0.300. The van der Waals surface area contributed by atoms with E-state index in [-0.39, 0.29) is 12.1 Å². The summed E-state index contributed by atoms with van der Waals surface area (Å²) in [5, 5.41) is 5.81. The summed E-state index contributed by atoms with van der Waals surface area (Å²) in [6.07, 6.45) is 0.932. The number of ether oxygens (including phenoxy) is 1. The highest BCUT2D eigenvalue weighted by atomic mass is 16.5. The number of anilines is 1. The molecule has 2 N–H and O–H groups in total. The number of amides is 2. The molecule has 0 radical (unpaired) electrons. The maximum absolute atomic E-state index is 12.2. The fourth-order valence-corrected chi connectivity index (χ4v) is 3.10. The van der Waals surface area contributed by atoms with Crippen LogP contribution in [-0.4, -0.2) is 43.1 Å². The van der Waals surface area contributed by atoms with Crippen molar-refractivity contribution in [3.05, 3.63) is 65.7 Å². The van der Waals surface area contributed by atoms with Gasteiger partial charge in [-0.2, -0.15) is 0 Å². The number of nitrogens with one attached hydrogen (secondary N) is 2. The number of rotatable bonds is 5. The van der Waals surface area contributed by atoms with E-state index in [1.165, 1.54) is 12.7 Å². The number of likely N-dealkylation sites (tertiary alicyclic amines) is 1. The van der Waals surface area contributed by atoms with Gasteiger partial charge in [0.25, 0.3) is 0 Å². The number of hydrogen-bond acceptors (Lipinski definition) is 4. The highest BCUT2D eigenvalue weighted by molar-refractivity contribution is 5.92. The molecule has 0 aliphatic carbocycles. The number of methoxy groups -OCH3 is 1. The maximum Gasteiger partial charge on any atom is 0.337 e. The number of urea groups is 1. The zero-order chi connectivity index (χ0) is 18.4. The van der Waals surface area contributed by atoms with E-state index in [2.05, 4.69) is 32.4 Å². The molecule has 26 heavy (non-hydrogen) atoms. The molecule has 6 heteroatoms. The summed E-state index contributed by atoms with van der Waals surface area (Å²) in [6, 6.07) is 16.8. The second-order valence-electron chi connectivity index (χ2n) is 6.37. The molecule has 0 unspecified atom stereocenters. The van der Waals surface area contributed by atoms with Crippen LogP contribution in [0, 0.1) is 0 Å². The molecule has 2 aromatic rings. The van der Waals surface area contributed by atoms with Gasteiger partial charge in [0.1, 0.15) is 0 Å². The van der Waals surface area contributed by atoms with Crippen LogP contribution in [0.15, 0.2) is 54.6 Å². The van der Waals surface area contributed by atoms with E-state index < -0.39 is 5.97 Å². The first-order valence-corrected chi connectivity index (χ1v) is 8.66. The lowest BCUT2D eigenvalue weighted by molar-refractivity contribution is 0.0600. The van der Waals surface area contributed by atoms with Crippen LogP contribution in [0.2, 0.25) is 0 Å². The summed E-state index contributed by atoms with van der Waals surface area (Å²) in [7, 11) is 1.34. The van der Waals surface area contributed by atoms with Crippen LogP contribution in [-0.2, 0) is 11.3 Å². The molecular weight excluding hydrogens is 330 g/mol. The van der Waals surface area contributed by atoms with Crippen molar-refractivity contribution < 1.29 is 14.3 Å². The minimum atomic E-state index is -0.398. The molecule has 1 atom stereocenters. The van der Waals surface area contributed by atoms with Gasteiger partial charge in [-0.3, -0.25) is 4.90 Å². The van der Waals surface area contributed by atoms with Crippen molar-refractivity contribution in [2.75, 3.05) is 25.5 Å². The van der Waals surface area contributed by atoms with E-state index in [9.17, 15) is 9.59 Å². The van der Waals surface area contributed by atoms with Crippen molar-refractivity contribution in [2.45, 2.75) is 19.0 Å². The van der Waals surface area contributed by atoms with Crippen molar-refractivity contribution in [1.29, 1.82) is 0 Å². The molecule has 1 aliphatic heterocycles. The van der Waals surface area contributed by atoms with Crippen LogP contribution < -0.4 is 10.6 Å². The van der Waals surface area contributed by atoms with Crippen LogP contribution in [0.3, 0.4) is 0 Å². The van der Waals surface area contributed by atoms with Crippen molar-refractivity contribution in [1.82, 2.24) is 10.2 Å². The first-order chi connectivity index (χ1) is 12.6. The van der Waals surface area contributed by atoms with E-state index in [0.717, 1.165) is 26.1 Å². The molecule has 2 amide bonds. The number of esters is 1. The molecule has 3 rings (SSSR count). The SMILES string of the molecule is COC(=O)c1ccc(NC(=O)N[C@@H]2CCN(Cc3ccccc3)C2)cc1. The third kappa shape index (κ3) is 4.83. The Labute approximate surface area is 153 Å². The maximum atomic E-state index is 12.2. The minimum Gasteiger partial charge on any atom is -0.465 e. The standard InChI is InChI=1S/C20H23N3O3/c1-26-19(24)16-7-9-17(10-8-16)21-20(25)22-18-11-12-23(14-18)13-15-5-3-2-4-6-15/h2-10,18H,11-14H2,1H3,(H2,21,22,25)/t18-/m1/s1. The fourth-order valence-electron chi connectivity index (χ4n) is 3.10. The monoisotopic (exact) mass is 353 g/mol. The third-order valence-corrected chi connectivity index (χ3v) is 4.42. The number of benzene rings is 2. The highest BCUT2D eigenvalue weighted by Crippen LogP contribution is 2.14. The molecule has 1 fully saturated rings. The topological polar surface area (TPSA) is 70.7 Å². The van der Waals surface area contributed by atoms with E-state index in [4.69, 9.17) is 0 Å². The van der Waals surface area contributed by atoms with E-state index >= 15 is 0 Å². The van der Waals surface area contributed by atoms with Crippen LogP contribution in [0.5, 0.6) is 0 Å². The molecule has 2 aromatic carbocycles. The first-order valence-electron chi connectivity index (χ1n) is 8.66. The summed E-state index contributed by atoms with van der Waals surface area (Å²) < 4.78 is 4.66. The van der Waals surface area contributed by atoms with Crippen LogP contribution >= 0.6 is 0 Å². The third-order valence-electron chi connectivity index (χ3n) is 4.42. The summed E-state index contributed by atoms with van der Waals surface area (Å²) in [5.74, 6) is -0.398. The van der Waals surface area contributed by atoms with E-state index in [1.807, 2.05) is 18.2 Å². The molecule has 1 heterocycles. The lowest BCUT2D eigenvalue weighted by Gasteiger charge is -2.17. The minimum absolute atomic E-state index is 0.132. The molecule has 0 aromatic heterocycles. The van der Waals surface area contributed by atoms with Gasteiger partial charge in [-0.05, 0) is 36.2 Å². The molecule has 0 bridgehead atoms. The van der Waals surface area contributed by atoms with E-state index in [0.29, 0.717) is 11.3 Å². The molecule has 0 spiro atoms. The van der Waals surface area contributed by atoms with Gasteiger partial charge in [-0.25, -0.2) is 9.59 Å². The second-order valence-corrected chi connectivity index (χ2v) is 6.37. The summed E-state index contributed by atoms with van der Waals surface area (Å²) in [4.78, 5) is 25.9. The predicted octanol–water partition coefficient (Wildman–Crippen LogP) is 2.87. The number of hydrogen-bond donors (Lipinski definition) is 2. The van der Waals surface area contributed by atoms with Crippen LogP contribution in [0.1, 0.15) is 22.3 Å². The van der Waals surface area contributed by atoms with Crippen LogP contribution in [0.4, 0.5) is 10.5 Å².